The van der Waals surface area contributed by atoms with E-state index in [1.54, 1.807) is 13.8 Å². The van der Waals surface area contributed by atoms with Crippen LogP contribution in [0.15, 0.2) is 21.6 Å². The zero-order valence-electron chi connectivity index (χ0n) is 12.0. The summed E-state index contributed by atoms with van der Waals surface area (Å²) in [6, 6.07) is 1.50. The van der Waals surface area contributed by atoms with E-state index in [2.05, 4.69) is 26.2 Å². The summed E-state index contributed by atoms with van der Waals surface area (Å²) in [5, 5.41) is 12.3. The molecule has 20 heavy (non-hydrogen) atoms. The fraction of sp³-hybridized carbons (Fsp3) is 0.583. The molecular formula is C12H20BrN3O3S. The van der Waals surface area contributed by atoms with Crippen molar-refractivity contribution < 1.29 is 13.5 Å². The molecule has 0 aromatic carbocycles. The number of sulfonamides is 1. The van der Waals surface area contributed by atoms with Crippen LogP contribution in [0.5, 0.6) is 0 Å². The summed E-state index contributed by atoms with van der Waals surface area (Å²) in [5.74, 6) is 0.302. The number of aliphatic hydroxyl groups excluding tert-OH is 1. The molecule has 114 valence electrons. The predicted octanol–water partition coefficient (Wildman–Crippen LogP) is 1.67. The first-order chi connectivity index (χ1) is 9.16. The van der Waals surface area contributed by atoms with Gasteiger partial charge in [-0.05, 0) is 42.8 Å². The molecule has 1 heterocycles. The van der Waals surface area contributed by atoms with Crippen molar-refractivity contribution in [2.24, 2.45) is 0 Å². The summed E-state index contributed by atoms with van der Waals surface area (Å²) >= 11 is 3.23. The van der Waals surface area contributed by atoms with Crippen molar-refractivity contribution in [1.29, 1.82) is 0 Å². The normalized spacial score (nSPS) is 12.8. The summed E-state index contributed by atoms with van der Waals surface area (Å²) in [6.07, 6.45) is 1.54. The summed E-state index contributed by atoms with van der Waals surface area (Å²) in [7, 11) is -2.32. The average Bonchev–Trinajstić information content (AvgIpc) is 2.40. The Labute approximate surface area is 128 Å². The highest BCUT2D eigenvalue weighted by molar-refractivity contribution is 9.10. The van der Waals surface area contributed by atoms with Gasteiger partial charge in [-0.25, -0.2) is 13.4 Å². The molecule has 0 aliphatic carbocycles. The van der Waals surface area contributed by atoms with E-state index < -0.39 is 15.6 Å². The molecule has 0 aliphatic rings. The fourth-order valence-corrected chi connectivity index (χ4v) is 3.62. The molecular weight excluding hydrogens is 346 g/mol. The van der Waals surface area contributed by atoms with Crippen LogP contribution in [0.1, 0.15) is 20.8 Å². The van der Waals surface area contributed by atoms with Gasteiger partial charge in [-0.2, -0.15) is 4.31 Å². The Morgan fingerprint density at radius 1 is 1.50 bits per heavy atom. The number of rotatable bonds is 6. The zero-order valence-corrected chi connectivity index (χ0v) is 14.4. The van der Waals surface area contributed by atoms with Gasteiger partial charge in [0.05, 0.1) is 12.1 Å². The Kier molecular flexibility index (Phi) is 5.54. The van der Waals surface area contributed by atoms with E-state index in [9.17, 15) is 13.5 Å². The smallest absolute Gasteiger partial charge is 0.247 e. The second kappa shape index (κ2) is 6.38. The molecule has 8 heteroatoms. The minimum Gasteiger partial charge on any atom is -0.394 e. The van der Waals surface area contributed by atoms with Crippen LogP contribution in [-0.2, 0) is 10.0 Å². The minimum atomic E-state index is -3.77. The molecule has 0 spiro atoms. The fourth-order valence-electron chi connectivity index (χ4n) is 1.49. The molecule has 0 saturated carbocycles. The molecule has 2 N–H and O–H groups in total. The van der Waals surface area contributed by atoms with Crippen LogP contribution >= 0.6 is 15.9 Å². The number of hydrogen-bond donors (Lipinski definition) is 2. The first-order valence-electron chi connectivity index (χ1n) is 6.16. The lowest BCUT2D eigenvalue weighted by molar-refractivity contribution is 0.138. The second-order valence-electron chi connectivity index (χ2n) is 4.97. The zero-order chi connectivity index (χ0) is 15.6. The highest BCUT2D eigenvalue weighted by Crippen LogP contribution is 2.28. The number of aliphatic hydroxyl groups is 1. The van der Waals surface area contributed by atoms with E-state index >= 15 is 0 Å². The Morgan fingerprint density at radius 3 is 2.60 bits per heavy atom. The maximum Gasteiger partial charge on any atom is 0.247 e. The largest absolute Gasteiger partial charge is 0.394 e. The quantitative estimate of drug-likeness (QED) is 0.800. The number of pyridine rings is 1. The van der Waals surface area contributed by atoms with E-state index in [4.69, 9.17) is 0 Å². The summed E-state index contributed by atoms with van der Waals surface area (Å²) in [6.45, 7) is 5.46. The molecule has 0 bridgehead atoms. The SMILES string of the molecule is CCNc1ncc(Br)cc1S(=O)(=O)N(C)C(C)(C)CO. The number of likely N-dealkylation sites (N-methyl/N-ethyl adjacent to an activating group) is 1. The minimum absolute atomic E-state index is 0.0813. The Balaban J connectivity index is 3.38. The lowest BCUT2D eigenvalue weighted by Crippen LogP contribution is -2.47. The third kappa shape index (κ3) is 3.49. The number of hydrogen-bond acceptors (Lipinski definition) is 5. The van der Waals surface area contributed by atoms with Crippen molar-refractivity contribution in [3.8, 4) is 0 Å². The Morgan fingerprint density at radius 2 is 2.10 bits per heavy atom. The molecule has 0 unspecified atom stereocenters. The van der Waals surface area contributed by atoms with Crippen molar-refractivity contribution in [1.82, 2.24) is 9.29 Å². The van der Waals surface area contributed by atoms with Crippen molar-refractivity contribution in [3.05, 3.63) is 16.7 Å². The van der Waals surface area contributed by atoms with E-state index in [0.717, 1.165) is 4.31 Å². The monoisotopic (exact) mass is 365 g/mol. The molecule has 0 amide bonds. The van der Waals surface area contributed by atoms with Crippen LogP contribution in [0, 0.1) is 0 Å². The van der Waals surface area contributed by atoms with Gasteiger partial charge in [0.1, 0.15) is 10.7 Å². The number of aromatic nitrogens is 1. The van der Waals surface area contributed by atoms with Crippen LogP contribution < -0.4 is 5.32 Å². The molecule has 6 nitrogen and oxygen atoms in total. The number of nitrogens with one attached hydrogen (secondary N) is 1. The van der Waals surface area contributed by atoms with Gasteiger partial charge < -0.3 is 10.4 Å². The van der Waals surface area contributed by atoms with E-state index in [1.165, 1.54) is 19.3 Å². The molecule has 1 aromatic heterocycles. The first kappa shape index (κ1) is 17.4. The van der Waals surface area contributed by atoms with Crippen LogP contribution in [0.4, 0.5) is 5.82 Å². The van der Waals surface area contributed by atoms with Gasteiger partial charge >= 0.3 is 0 Å². The molecule has 0 fully saturated rings. The van der Waals surface area contributed by atoms with Crippen molar-refractivity contribution >= 4 is 31.8 Å². The van der Waals surface area contributed by atoms with Crippen molar-refractivity contribution in [2.75, 3.05) is 25.5 Å². The van der Waals surface area contributed by atoms with Crippen LogP contribution in [0.25, 0.3) is 0 Å². The Bertz CT molecular complexity index is 575. The van der Waals surface area contributed by atoms with Crippen molar-refractivity contribution in [3.63, 3.8) is 0 Å². The van der Waals surface area contributed by atoms with E-state index in [-0.39, 0.29) is 11.5 Å². The molecule has 0 radical (unpaired) electrons. The number of halogens is 1. The summed E-state index contributed by atoms with van der Waals surface area (Å²) in [5.41, 5.74) is -0.898. The number of anilines is 1. The predicted molar refractivity (Wildman–Crippen MR) is 82.2 cm³/mol. The molecule has 1 aromatic rings. The lowest BCUT2D eigenvalue weighted by atomic mass is 10.1. The maximum absolute atomic E-state index is 12.7. The van der Waals surface area contributed by atoms with E-state index in [1.807, 2.05) is 6.92 Å². The van der Waals surface area contributed by atoms with Crippen LogP contribution in [0.3, 0.4) is 0 Å². The summed E-state index contributed by atoms with van der Waals surface area (Å²) < 4.78 is 27.1. The number of nitrogens with zero attached hydrogens (tertiary/aromatic N) is 2. The lowest BCUT2D eigenvalue weighted by Gasteiger charge is -2.33. The van der Waals surface area contributed by atoms with Gasteiger partial charge in [0, 0.05) is 24.3 Å². The molecule has 1 rings (SSSR count). The van der Waals surface area contributed by atoms with Crippen LogP contribution in [0.2, 0.25) is 0 Å². The van der Waals surface area contributed by atoms with Gasteiger partial charge in [0.15, 0.2) is 0 Å². The molecule has 0 saturated heterocycles. The summed E-state index contributed by atoms with van der Waals surface area (Å²) in [4.78, 5) is 4.18. The Hall–Kier alpha value is -0.700. The van der Waals surface area contributed by atoms with Crippen molar-refractivity contribution in [2.45, 2.75) is 31.2 Å². The van der Waals surface area contributed by atoms with Gasteiger partial charge in [-0.15, -0.1) is 0 Å². The maximum atomic E-state index is 12.7. The highest BCUT2D eigenvalue weighted by atomic mass is 79.9. The standard InChI is InChI=1S/C12H20BrN3O3S/c1-5-14-11-10(6-9(13)7-15-11)20(18,19)16(4)12(2,3)8-17/h6-7,17H,5,8H2,1-4H3,(H,14,15). The van der Waals surface area contributed by atoms with Gasteiger partial charge in [-0.3, -0.25) is 0 Å². The van der Waals surface area contributed by atoms with Gasteiger partial charge in [0.2, 0.25) is 10.0 Å². The average molecular weight is 366 g/mol. The third-order valence-electron chi connectivity index (χ3n) is 3.04. The first-order valence-corrected chi connectivity index (χ1v) is 8.39. The van der Waals surface area contributed by atoms with E-state index in [0.29, 0.717) is 16.8 Å². The third-order valence-corrected chi connectivity index (χ3v) is 5.56. The molecule has 0 atom stereocenters. The molecule has 0 aliphatic heterocycles. The topological polar surface area (TPSA) is 82.5 Å². The second-order valence-corrected chi connectivity index (χ2v) is 7.83. The van der Waals surface area contributed by atoms with Gasteiger partial charge in [0.25, 0.3) is 0 Å². The highest BCUT2D eigenvalue weighted by Gasteiger charge is 2.35. The van der Waals surface area contributed by atoms with Crippen LogP contribution in [-0.4, -0.2) is 48.6 Å². The van der Waals surface area contributed by atoms with Gasteiger partial charge in [-0.1, -0.05) is 0 Å².